The topological polar surface area (TPSA) is 35.6 Å². The van der Waals surface area contributed by atoms with Gasteiger partial charge in [-0.2, -0.15) is 0 Å². The molecule has 0 spiro atoms. The summed E-state index contributed by atoms with van der Waals surface area (Å²) >= 11 is 0. The number of amides is 1. The Hall–Kier alpha value is -2.17. The number of nitrogens with zero attached hydrogens (tertiary/aromatic N) is 2. The lowest BCUT2D eigenvalue weighted by Crippen LogP contribution is -2.48. The largest absolute Gasteiger partial charge is 0.324 e. The number of hydrogen-bond acceptors (Lipinski definition) is 3. The monoisotopic (exact) mass is 379 g/mol. The van der Waals surface area contributed by atoms with Crippen molar-refractivity contribution in [2.24, 2.45) is 0 Å². The second-order valence-corrected chi connectivity index (χ2v) is 7.75. The number of hydrogen-bond donors (Lipinski definition) is 1. The van der Waals surface area contributed by atoms with Crippen LogP contribution < -0.4 is 5.32 Å². The van der Waals surface area contributed by atoms with E-state index in [-0.39, 0.29) is 5.91 Å². The van der Waals surface area contributed by atoms with Crippen molar-refractivity contribution < 1.29 is 4.79 Å². The lowest BCUT2D eigenvalue weighted by molar-refractivity contribution is -0.117. The van der Waals surface area contributed by atoms with E-state index in [0.717, 1.165) is 51.3 Å². The Morgan fingerprint density at radius 2 is 1.54 bits per heavy atom. The van der Waals surface area contributed by atoms with Crippen LogP contribution in [0, 0.1) is 6.92 Å². The van der Waals surface area contributed by atoms with Gasteiger partial charge in [0.15, 0.2) is 0 Å². The molecule has 1 amide bonds. The summed E-state index contributed by atoms with van der Waals surface area (Å²) in [5, 5.41) is 3.19. The molecule has 2 aromatic carbocycles. The molecular formula is C24H33N3O. The molecule has 1 heterocycles. The molecule has 0 aliphatic carbocycles. The summed E-state index contributed by atoms with van der Waals surface area (Å²) in [6.45, 7) is 11.8. The summed E-state index contributed by atoms with van der Waals surface area (Å²) in [6, 6.07) is 15.0. The second kappa shape index (κ2) is 9.85. The quantitative estimate of drug-likeness (QED) is 0.793. The molecule has 0 aromatic heterocycles. The summed E-state index contributed by atoms with van der Waals surface area (Å²) < 4.78 is 0. The van der Waals surface area contributed by atoms with Crippen LogP contribution in [0.1, 0.15) is 36.1 Å². The van der Waals surface area contributed by atoms with Crippen molar-refractivity contribution in [1.82, 2.24) is 9.80 Å². The molecule has 1 N–H and O–H groups in total. The zero-order valence-electron chi connectivity index (χ0n) is 17.5. The minimum atomic E-state index is 0.0998. The van der Waals surface area contributed by atoms with E-state index in [4.69, 9.17) is 0 Å². The molecule has 0 unspecified atom stereocenters. The normalized spacial score (nSPS) is 15.5. The fraction of sp³-hybridized carbons (Fsp3) is 0.458. The molecule has 4 heteroatoms. The average molecular weight is 380 g/mol. The van der Waals surface area contributed by atoms with Gasteiger partial charge in [0.25, 0.3) is 0 Å². The molecule has 0 saturated carbocycles. The second-order valence-electron chi connectivity index (χ2n) is 7.75. The first-order valence-electron chi connectivity index (χ1n) is 10.5. The highest BCUT2D eigenvalue weighted by atomic mass is 16.2. The predicted molar refractivity (Wildman–Crippen MR) is 117 cm³/mol. The van der Waals surface area contributed by atoms with Gasteiger partial charge in [0, 0.05) is 38.4 Å². The van der Waals surface area contributed by atoms with Gasteiger partial charge in [-0.25, -0.2) is 0 Å². The van der Waals surface area contributed by atoms with Crippen molar-refractivity contribution in [2.45, 2.75) is 40.2 Å². The number of carbonyl (C=O) groups is 1. The number of nitrogens with one attached hydrogen (secondary N) is 1. The van der Waals surface area contributed by atoms with Gasteiger partial charge >= 0.3 is 0 Å². The van der Waals surface area contributed by atoms with E-state index >= 15 is 0 Å². The number of carbonyl (C=O) groups excluding carboxylic acids is 1. The van der Waals surface area contributed by atoms with E-state index in [0.29, 0.717) is 6.54 Å². The molecule has 1 fully saturated rings. The van der Waals surface area contributed by atoms with E-state index in [1.807, 2.05) is 0 Å². The van der Waals surface area contributed by atoms with Crippen molar-refractivity contribution in [3.05, 3.63) is 64.7 Å². The Morgan fingerprint density at radius 3 is 2.14 bits per heavy atom. The SMILES string of the molecule is CCc1cccc(CC)c1NC(=O)CN1CCN(Cc2cccc(C)c2)CC1. The lowest BCUT2D eigenvalue weighted by atomic mass is 10.0. The number of piperazine rings is 1. The molecule has 0 radical (unpaired) electrons. The van der Waals surface area contributed by atoms with Crippen molar-refractivity contribution >= 4 is 11.6 Å². The van der Waals surface area contributed by atoms with E-state index in [2.05, 4.69) is 78.4 Å². The third kappa shape index (κ3) is 5.43. The van der Waals surface area contributed by atoms with Gasteiger partial charge in [-0.05, 0) is 36.5 Å². The highest BCUT2D eigenvalue weighted by Gasteiger charge is 2.20. The average Bonchev–Trinajstić information content (AvgIpc) is 2.69. The van der Waals surface area contributed by atoms with Gasteiger partial charge in [0.2, 0.25) is 5.91 Å². The first kappa shape index (κ1) is 20.6. The van der Waals surface area contributed by atoms with E-state index in [9.17, 15) is 4.79 Å². The van der Waals surface area contributed by atoms with Crippen LogP contribution in [-0.2, 0) is 24.2 Å². The summed E-state index contributed by atoms with van der Waals surface area (Å²) in [6.07, 6.45) is 1.86. The van der Waals surface area contributed by atoms with Gasteiger partial charge in [0.05, 0.1) is 6.54 Å². The smallest absolute Gasteiger partial charge is 0.238 e. The molecule has 1 aliphatic heterocycles. The van der Waals surface area contributed by atoms with Crippen molar-refractivity contribution in [1.29, 1.82) is 0 Å². The molecule has 0 bridgehead atoms. The third-order valence-electron chi connectivity index (χ3n) is 5.58. The molecule has 3 rings (SSSR count). The first-order valence-corrected chi connectivity index (χ1v) is 10.5. The minimum absolute atomic E-state index is 0.0998. The van der Waals surface area contributed by atoms with E-state index in [1.54, 1.807) is 0 Å². The number of rotatable bonds is 7. The Bertz CT molecular complexity index is 772. The van der Waals surface area contributed by atoms with E-state index < -0.39 is 0 Å². The van der Waals surface area contributed by atoms with Crippen LogP contribution >= 0.6 is 0 Å². The zero-order valence-corrected chi connectivity index (χ0v) is 17.5. The summed E-state index contributed by atoms with van der Waals surface area (Å²) in [4.78, 5) is 17.4. The fourth-order valence-corrected chi connectivity index (χ4v) is 3.96. The maximum Gasteiger partial charge on any atom is 0.238 e. The van der Waals surface area contributed by atoms with Gasteiger partial charge in [-0.3, -0.25) is 14.6 Å². The Morgan fingerprint density at radius 1 is 0.929 bits per heavy atom. The van der Waals surface area contributed by atoms with Gasteiger partial charge < -0.3 is 5.32 Å². The Kier molecular flexibility index (Phi) is 7.24. The zero-order chi connectivity index (χ0) is 19.9. The first-order chi connectivity index (χ1) is 13.6. The van der Waals surface area contributed by atoms with E-state index in [1.165, 1.54) is 22.3 Å². The van der Waals surface area contributed by atoms with Crippen LogP contribution in [0.4, 0.5) is 5.69 Å². The van der Waals surface area contributed by atoms with Crippen molar-refractivity contribution in [3.63, 3.8) is 0 Å². The predicted octanol–water partition coefficient (Wildman–Crippen LogP) is 3.88. The van der Waals surface area contributed by atoms with Gasteiger partial charge in [-0.15, -0.1) is 0 Å². The summed E-state index contributed by atoms with van der Waals surface area (Å²) in [5.41, 5.74) is 6.14. The minimum Gasteiger partial charge on any atom is -0.324 e. The molecule has 1 saturated heterocycles. The molecule has 2 aromatic rings. The molecular weight excluding hydrogens is 346 g/mol. The maximum atomic E-state index is 12.7. The molecule has 4 nitrogen and oxygen atoms in total. The van der Waals surface area contributed by atoms with Crippen LogP contribution in [0.3, 0.4) is 0 Å². The third-order valence-corrected chi connectivity index (χ3v) is 5.58. The summed E-state index contributed by atoms with van der Waals surface area (Å²) in [5.74, 6) is 0.0998. The number of benzene rings is 2. The van der Waals surface area contributed by atoms with Crippen LogP contribution in [0.5, 0.6) is 0 Å². The molecule has 28 heavy (non-hydrogen) atoms. The Labute approximate surface area is 169 Å². The maximum absolute atomic E-state index is 12.7. The van der Waals surface area contributed by atoms with Crippen LogP contribution in [0.15, 0.2) is 42.5 Å². The fourth-order valence-electron chi connectivity index (χ4n) is 3.96. The molecule has 0 atom stereocenters. The van der Waals surface area contributed by atoms with Crippen molar-refractivity contribution in [2.75, 3.05) is 38.0 Å². The molecule has 1 aliphatic rings. The van der Waals surface area contributed by atoms with Gasteiger partial charge in [-0.1, -0.05) is 61.9 Å². The highest BCUT2D eigenvalue weighted by Crippen LogP contribution is 2.22. The number of anilines is 1. The van der Waals surface area contributed by atoms with Crippen LogP contribution in [-0.4, -0.2) is 48.4 Å². The van der Waals surface area contributed by atoms with Crippen LogP contribution in [0.25, 0.3) is 0 Å². The standard InChI is InChI=1S/C24H33N3O/c1-4-21-10-7-11-22(5-2)24(21)25-23(28)18-27-14-12-26(13-15-27)17-20-9-6-8-19(3)16-20/h6-11,16H,4-5,12-15,17-18H2,1-3H3,(H,25,28). The summed E-state index contributed by atoms with van der Waals surface area (Å²) in [7, 11) is 0. The highest BCUT2D eigenvalue weighted by molar-refractivity contribution is 5.93. The molecule has 150 valence electrons. The van der Waals surface area contributed by atoms with Crippen molar-refractivity contribution in [3.8, 4) is 0 Å². The van der Waals surface area contributed by atoms with Gasteiger partial charge in [0.1, 0.15) is 0 Å². The van der Waals surface area contributed by atoms with Crippen LogP contribution in [0.2, 0.25) is 0 Å². The number of para-hydroxylation sites is 1. The Balaban J connectivity index is 1.50. The lowest BCUT2D eigenvalue weighted by Gasteiger charge is -2.34. The number of aryl methyl sites for hydroxylation is 3.